The highest BCUT2D eigenvalue weighted by Crippen LogP contribution is 2.21. The van der Waals surface area contributed by atoms with Crippen LogP contribution in [0.2, 0.25) is 0 Å². The van der Waals surface area contributed by atoms with Gasteiger partial charge in [-0.3, -0.25) is 4.79 Å². The van der Waals surface area contributed by atoms with Crippen LogP contribution in [-0.2, 0) is 9.53 Å². The maximum atomic E-state index is 11.2. The molecule has 2 N–H and O–H groups in total. The van der Waals surface area contributed by atoms with Gasteiger partial charge in [-0.05, 0) is 6.42 Å². The van der Waals surface area contributed by atoms with Gasteiger partial charge in [0.05, 0.1) is 13.2 Å². The number of methoxy groups -OCH3 is 1. The highest BCUT2D eigenvalue weighted by Gasteiger charge is 2.38. The van der Waals surface area contributed by atoms with Crippen molar-refractivity contribution in [3.05, 3.63) is 12.7 Å². The van der Waals surface area contributed by atoms with Gasteiger partial charge in [0, 0.05) is 12.5 Å². The van der Waals surface area contributed by atoms with E-state index in [4.69, 9.17) is 0 Å². The largest absolute Gasteiger partial charge is 0.468 e. The number of allylic oxidation sites excluding steroid dienone is 1. The van der Waals surface area contributed by atoms with Crippen molar-refractivity contribution in [2.24, 2.45) is 5.92 Å². The molecule has 0 aromatic heterocycles. The van der Waals surface area contributed by atoms with Gasteiger partial charge >= 0.3 is 5.97 Å². The predicted molar refractivity (Wildman–Crippen MR) is 48.1 cm³/mol. The number of carbonyl (C=O) groups excluding carboxylic acids is 1. The molecule has 0 radical (unpaired) electrons. The highest BCUT2D eigenvalue weighted by atomic mass is 16.5. The van der Waals surface area contributed by atoms with Gasteiger partial charge in [-0.2, -0.15) is 0 Å². The Labute approximate surface area is 77.6 Å². The zero-order valence-corrected chi connectivity index (χ0v) is 7.69. The van der Waals surface area contributed by atoms with Crippen molar-refractivity contribution in [3.63, 3.8) is 0 Å². The van der Waals surface area contributed by atoms with Crippen molar-refractivity contribution in [3.8, 4) is 0 Å². The second-order valence-electron chi connectivity index (χ2n) is 3.16. The van der Waals surface area contributed by atoms with Crippen LogP contribution < -0.4 is 5.32 Å². The molecular formula is C9H15NO3. The minimum absolute atomic E-state index is 0.107. The lowest BCUT2D eigenvalue weighted by atomic mass is 9.95. The summed E-state index contributed by atoms with van der Waals surface area (Å²) >= 11 is 0. The van der Waals surface area contributed by atoms with E-state index in [1.165, 1.54) is 7.11 Å². The molecule has 1 rings (SSSR count). The molecule has 1 heterocycles. The Kier molecular flexibility index (Phi) is 3.45. The molecule has 0 spiro atoms. The summed E-state index contributed by atoms with van der Waals surface area (Å²) in [6, 6.07) is -0.391. The van der Waals surface area contributed by atoms with E-state index in [0.29, 0.717) is 13.0 Å². The van der Waals surface area contributed by atoms with Crippen molar-refractivity contribution in [2.45, 2.75) is 18.6 Å². The minimum Gasteiger partial charge on any atom is -0.468 e. The van der Waals surface area contributed by atoms with Crippen LogP contribution in [0.5, 0.6) is 0 Å². The van der Waals surface area contributed by atoms with Gasteiger partial charge < -0.3 is 15.2 Å². The summed E-state index contributed by atoms with van der Waals surface area (Å²) in [7, 11) is 1.35. The second kappa shape index (κ2) is 4.39. The van der Waals surface area contributed by atoms with Gasteiger partial charge in [0.1, 0.15) is 6.04 Å². The molecule has 1 aliphatic rings. The molecule has 1 saturated heterocycles. The fourth-order valence-electron chi connectivity index (χ4n) is 1.64. The molecule has 0 aromatic rings. The molecule has 0 aliphatic carbocycles. The number of carbonyl (C=O) groups is 1. The standard InChI is InChI=1S/C9H15NO3/c1-3-4-6-7(11)5-10-8(6)9(12)13-2/h3,6-8,10-11H,1,4-5H2,2H3/t6-,7-,8+/m0/s1. The molecule has 0 bridgehead atoms. The van der Waals surface area contributed by atoms with E-state index < -0.39 is 12.1 Å². The Balaban J connectivity index is 2.63. The first-order chi connectivity index (χ1) is 6.20. The number of aliphatic hydroxyl groups excluding tert-OH is 1. The first kappa shape index (κ1) is 10.2. The predicted octanol–water partition coefficient (Wildman–Crippen LogP) is -0.316. The van der Waals surface area contributed by atoms with Crippen LogP contribution in [0.3, 0.4) is 0 Å². The third-order valence-corrected chi connectivity index (χ3v) is 2.36. The molecule has 13 heavy (non-hydrogen) atoms. The average Bonchev–Trinajstić information content (AvgIpc) is 2.48. The van der Waals surface area contributed by atoms with E-state index in [1.54, 1.807) is 6.08 Å². The summed E-state index contributed by atoms with van der Waals surface area (Å²) in [5.74, 6) is -0.423. The third-order valence-electron chi connectivity index (χ3n) is 2.36. The zero-order valence-electron chi connectivity index (χ0n) is 7.69. The zero-order chi connectivity index (χ0) is 9.84. The van der Waals surface area contributed by atoms with Crippen molar-refractivity contribution < 1.29 is 14.6 Å². The van der Waals surface area contributed by atoms with Gasteiger partial charge in [-0.1, -0.05) is 6.08 Å². The van der Waals surface area contributed by atoms with Gasteiger partial charge in [-0.25, -0.2) is 0 Å². The average molecular weight is 185 g/mol. The lowest BCUT2D eigenvalue weighted by molar-refractivity contribution is -0.144. The number of hydrogen-bond acceptors (Lipinski definition) is 4. The molecule has 4 nitrogen and oxygen atoms in total. The summed E-state index contributed by atoms with van der Waals surface area (Å²) in [5, 5.41) is 12.4. The molecule has 1 aliphatic heterocycles. The lowest BCUT2D eigenvalue weighted by Gasteiger charge is -2.17. The normalized spacial score (nSPS) is 32.9. The van der Waals surface area contributed by atoms with E-state index in [9.17, 15) is 9.90 Å². The summed E-state index contributed by atoms with van der Waals surface area (Å²) in [6.45, 7) is 4.03. The van der Waals surface area contributed by atoms with Gasteiger partial charge in [0.25, 0.3) is 0 Å². The van der Waals surface area contributed by atoms with Crippen molar-refractivity contribution >= 4 is 5.97 Å². The van der Waals surface area contributed by atoms with E-state index in [-0.39, 0.29) is 11.9 Å². The Morgan fingerprint density at radius 3 is 3.08 bits per heavy atom. The van der Waals surface area contributed by atoms with Crippen molar-refractivity contribution in [1.29, 1.82) is 0 Å². The number of rotatable bonds is 3. The minimum atomic E-state index is -0.484. The third kappa shape index (κ3) is 2.08. The Morgan fingerprint density at radius 2 is 2.54 bits per heavy atom. The number of aliphatic hydroxyl groups is 1. The van der Waals surface area contributed by atoms with Gasteiger partial charge in [-0.15, -0.1) is 6.58 Å². The van der Waals surface area contributed by atoms with E-state index >= 15 is 0 Å². The molecule has 0 amide bonds. The molecular weight excluding hydrogens is 170 g/mol. The Bertz CT molecular complexity index is 205. The smallest absolute Gasteiger partial charge is 0.323 e. The van der Waals surface area contributed by atoms with Crippen LogP contribution in [0.4, 0.5) is 0 Å². The number of esters is 1. The summed E-state index contributed by atoms with van der Waals surface area (Å²) in [4.78, 5) is 11.2. The number of nitrogens with one attached hydrogen (secondary N) is 1. The van der Waals surface area contributed by atoms with Crippen LogP contribution in [0.25, 0.3) is 0 Å². The van der Waals surface area contributed by atoms with Gasteiger partial charge in [0.2, 0.25) is 0 Å². The Hall–Kier alpha value is -0.870. The first-order valence-corrected chi connectivity index (χ1v) is 4.31. The summed E-state index contributed by atoms with van der Waals surface area (Å²) in [5.41, 5.74) is 0. The SMILES string of the molecule is C=CC[C@H]1[C@@H](O)CN[C@H]1C(=O)OC. The fourth-order valence-corrected chi connectivity index (χ4v) is 1.64. The maximum absolute atomic E-state index is 11.2. The molecule has 0 saturated carbocycles. The van der Waals surface area contributed by atoms with E-state index in [2.05, 4.69) is 16.6 Å². The molecule has 3 atom stereocenters. The highest BCUT2D eigenvalue weighted by molar-refractivity contribution is 5.76. The first-order valence-electron chi connectivity index (χ1n) is 4.31. The quantitative estimate of drug-likeness (QED) is 0.467. The fraction of sp³-hybridized carbons (Fsp3) is 0.667. The van der Waals surface area contributed by atoms with Crippen molar-refractivity contribution in [1.82, 2.24) is 5.32 Å². The van der Waals surface area contributed by atoms with Crippen LogP contribution in [0.15, 0.2) is 12.7 Å². The van der Waals surface area contributed by atoms with Crippen molar-refractivity contribution in [2.75, 3.05) is 13.7 Å². The number of hydrogen-bond donors (Lipinski definition) is 2. The van der Waals surface area contributed by atoms with E-state index in [1.807, 2.05) is 0 Å². The maximum Gasteiger partial charge on any atom is 0.323 e. The summed E-state index contributed by atoms with van der Waals surface area (Å²) in [6.07, 6.45) is 1.84. The van der Waals surface area contributed by atoms with Crippen LogP contribution in [-0.4, -0.2) is 36.9 Å². The van der Waals surface area contributed by atoms with Crippen LogP contribution >= 0.6 is 0 Å². The summed E-state index contributed by atoms with van der Waals surface area (Å²) < 4.78 is 4.61. The molecule has 1 fully saturated rings. The topological polar surface area (TPSA) is 58.6 Å². The lowest BCUT2D eigenvalue weighted by Crippen LogP contribution is -2.37. The monoisotopic (exact) mass is 185 g/mol. The number of ether oxygens (including phenoxy) is 1. The number of β-amino-alcohol motifs (C(OH)–C–C–N with tert-alkyl or cyclic N) is 1. The molecule has 0 unspecified atom stereocenters. The molecule has 4 heteroatoms. The van der Waals surface area contributed by atoms with Gasteiger partial charge in [0.15, 0.2) is 0 Å². The molecule has 0 aromatic carbocycles. The molecule has 74 valence electrons. The van der Waals surface area contributed by atoms with Crippen LogP contribution in [0, 0.1) is 5.92 Å². The van der Waals surface area contributed by atoms with E-state index in [0.717, 1.165) is 0 Å². The Morgan fingerprint density at radius 1 is 1.85 bits per heavy atom. The second-order valence-corrected chi connectivity index (χ2v) is 3.16. The van der Waals surface area contributed by atoms with Crippen LogP contribution in [0.1, 0.15) is 6.42 Å².